The van der Waals surface area contributed by atoms with Crippen molar-refractivity contribution in [1.29, 1.82) is 0 Å². The molecular formula is C17H16F2N2O2. The maximum atomic E-state index is 13.6. The number of aryl methyl sites for hydroxylation is 1. The highest BCUT2D eigenvalue weighted by Crippen LogP contribution is 2.12. The van der Waals surface area contributed by atoms with E-state index in [0.29, 0.717) is 6.42 Å². The Morgan fingerprint density at radius 3 is 2.39 bits per heavy atom. The van der Waals surface area contributed by atoms with Crippen LogP contribution in [0.25, 0.3) is 0 Å². The van der Waals surface area contributed by atoms with Crippen molar-refractivity contribution in [1.82, 2.24) is 5.32 Å². The standard InChI is InChI=1S/C17H16F2N2O2/c18-13-8-4-7-12(15(13)19)17(23)21-14(16(20)22)10-9-11-5-2-1-3-6-11/h1-8,14H,9-10H2,(H2,20,22)(H,21,23)/t14-/m0/s1. The van der Waals surface area contributed by atoms with Gasteiger partial charge in [0.1, 0.15) is 6.04 Å². The van der Waals surface area contributed by atoms with Crippen molar-refractivity contribution in [3.05, 3.63) is 71.3 Å². The molecule has 0 bridgehead atoms. The first-order valence-electron chi connectivity index (χ1n) is 7.07. The topological polar surface area (TPSA) is 72.2 Å². The van der Waals surface area contributed by atoms with Crippen LogP contribution in [0.15, 0.2) is 48.5 Å². The minimum absolute atomic E-state index is 0.266. The van der Waals surface area contributed by atoms with Crippen LogP contribution in [-0.4, -0.2) is 17.9 Å². The summed E-state index contributed by atoms with van der Waals surface area (Å²) < 4.78 is 26.8. The molecule has 0 aliphatic carbocycles. The van der Waals surface area contributed by atoms with E-state index in [2.05, 4.69) is 5.32 Å². The summed E-state index contributed by atoms with van der Waals surface area (Å²) in [6.45, 7) is 0. The van der Waals surface area contributed by atoms with Crippen LogP contribution in [0.4, 0.5) is 8.78 Å². The molecule has 0 unspecified atom stereocenters. The molecule has 1 atom stereocenters. The molecule has 120 valence electrons. The van der Waals surface area contributed by atoms with E-state index in [1.54, 1.807) is 0 Å². The Bertz CT molecular complexity index is 705. The molecule has 0 radical (unpaired) electrons. The van der Waals surface area contributed by atoms with Gasteiger partial charge in [0, 0.05) is 0 Å². The van der Waals surface area contributed by atoms with Gasteiger partial charge in [0.25, 0.3) is 5.91 Å². The number of nitrogens with one attached hydrogen (secondary N) is 1. The second-order valence-electron chi connectivity index (χ2n) is 5.05. The Balaban J connectivity index is 2.05. The van der Waals surface area contributed by atoms with Crippen LogP contribution < -0.4 is 11.1 Å². The van der Waals surface area contributed by atoms with E-state index in [4.69, 9.17) is 5.73 Å². The molecule has 2 rings (SSSR count). The number of rotatable bonds is 6. The second-order valence-corrected chi connectivity index (χ2v) is 5.05. The number of nitrogens with two attached hydrogens (primary N) is 1. The van der Waals surface area contributed by atoms with Gasteiger partial charge in [-0.1, -0.05) is 36.4 Å². The fourth-order valence-electron chi connectivity index (χ4n) is 2.16. The number of halogens is 2. The van der Waals surface area contributed by atoms with Crippen molar-refractivity contribution >= 4 is 11.8 Å². The smallest absolute Gasteiger partial charge is 0.255 e. The van der Waals surface area contributed by atoms with Gasteiger partial charge in [0.15, 0.2) is 11.6 Å². The van der Waals surface area contributed by atoms with E-state index >= 15 is 0 Å². The van der Waals surface area contributed by atoms with E-state index in [1.165, 1.54) is 6.07 Å². The largest absolute Gasteiger partial charge is 0.368 e. The normalized spacial score (nSPS) is 11.7. The minimum Gasteiger partial charge on any atom is -0.368 e. The lowest BCUT2D eigenvalue weighted by Crippen LogP contribution is -2.45. The number of amides is 2. The van der Waals surface area contributed by atoms with Gasteiger partial charge in [-0.2, -0.15) is 0 Å². The van der Waals surface area contributed by atoms with Crippen LogP contribution in [0.5, 0.6) is 0 Å². The van der Waals surface area contributed by atoms with Gasteiger partial charge < -0.3 is 11.1 Å². The summed E-state index contributed by atoms with van der Waals surface area (Å²) in [6, 6.07) is 11.6. The second kappa shape index (κ2) is 7.49. The van der Waals surface area contributed by atoms with Gasteiger partial charge in [0.2, 0.25) is 5.91 Å². The average molecular weight is 318 g/mol. The molecule has 0 saturated carbocycles. The Hall–Kier alpha value is -2.76. The average Bonchev–Trinajstić information content (AvgIpc) is 2.54. The highest BCUT2D eigenvalue weighted by atomic mass is 19.2. The first kappa shape index (κ1) is 16.6. The van der Waals surface area contributed by atoms with Crippen molar-refractivity contribution in [2.45, 2.75) is 18.9 Å². The molecular weight excluding hydrogens is 302 g/mol. The third kappa shape index (κ3) is 4.35. The monoisotopic (exact) mass is 318 g/mol. The van der Waals surface area contributed by atoms with E-state index in [1.807, 2.05) is 30.3 Å². The van der Waals surface area contributed by atoms with Crippen LogP contribution in [0.3, 0.4) is 0 Å². The molecule has 23 heavy (non-hydrogen) atoms. The number of carbonyl (C=O) groups is 2. The number of hydrogen-bond acceptors (Lipinski definition) is 2. The van der Waals surface area contributed by atoms with Crippen LogP contribution in [0.2, 0.25) is 0 Å². The lowest BCUT2D eigenvalue weighted by Gasteiger charge is -2.16. The molecule has 4 nitrogen and oxygen atoms in total. The molecule has 0 aliphatic heterocycles. The maximum absolute atomic E-state index is 13.6. The molecule has 0 saturated heterocycles. The minimum atomic E-state index is -1.25. The van der Waals surface area contributed by atoms with Gasteiger partial charge in [-0.15, -0.1) is 0 Å². The Kier molecular flexibility index (Phi) is 5.41. The third-order valence-corrected chi connectivity index (χ3v) is 3.41. The zero-order valence-corrected chi connectivity index (χ0v) is 12.3. The van der Waals surface area contributed by atoms with E-state index in [-0.39, 0.29) is 6.42 Å². The van der Waals surface area contributed by atoms with E-state index in [9.17, 15) is 18.4 Å². The number of hydrogen-bond donors (Lipinski definition) is 2. The van der Waals surface area contributed by atoms with Gasteiger partial charge in [0.05, 0.1) is 5.56 Å². The molecule has 0 heterocycles. The van der Waals surface area contributed by atoms with Gasteiger partial charge in [-0.3, -0.25) is 9.59 Å². The quantitative estimate of drug-likeness (QED) is 0.857. The van der Waals surface area contributed by atoms with E-state index < -0.39 is 35.1 Å². The predicted octanol–water partition coefficient (Wildman–Crippen LogP) is 2.18. The number of primary amides is 1. The molecule has 0 fully saturated rings. The van der Waals surface area contributed by atoms with Crippen LogP contribution in [-0.2, 0) is 11.2 Å². The summed E-state index contributed by atoms with van der Waals surface area (Å²) in [5.74, 6) is -3.99. The van der Waals surface area contributed by atoms with Crippen LogP contribution in [0, 0.1) is 11.6 Å². The maximum Gasteiger partial charge on any atom is 0.255 e. The fraction of sp³-hybridized carbons (Fsp3) is 0.176. The summed E-state index contributed by atoms with van der Waals surface area (Å²) in [5.41, 5.74) is 5.79. The van der Waals surface area contributed by atoms with Crippen molar-refractivity contribution < 1.29 is 18.4 Å². The molecule has 2 amide bonds. The van der Waals surface area contributed by atoms with Gasteiger partial charge in [-0.05, 0) is 30.5 Å². The van der Waals surface area contributed by atoms with Gasteiger partial charge >= 0.3 is 0 Å². The van der Waals surface area contributed by atoms with Gasteiger partial charge in [-0.25, -0.2) is 8.78 Å². The van der Waals surface area contributed by atoms with Crippen LogP contribution >= 0.6 is 0 Å². The SMILES string of the molecule is NC(=O)[C@H](CCc1ccccc1)NC(=O)c1cccc(F)c1F. The summed E-state index contributed by atoms with van der Waals surface area (Å²) >= 11 is 0. The summed E-state index contributed by atoms with van der Waals surface area (Å²) in [7, 11) is 0. The van der Waals surface area contributed by atoms with E-state index in [0.717, 1.165) is 17.7 Å². The Morgan fingerprint density at radius 2 is 1.74 bits per heavy atom. The third-order valence-electron chi connectivity index (χ3n) is 3.41. The summed E-state index contributed by atoms with van der Waals surface area (Å²) in [6.07, 6.45) is 0.780. The molecule has 0 spiro atoms. The van der Waals surface area contributed by atoms with Crippen molar-refractivity contribution in [3.63, 3.8) is 0 Å². The molecule has 0 aromatic heterocycles. The molecule has 6 heteroatoms. The zero-order chi connectivity index (χ0) is 16.8. The molecule has 0 aliphatic rings. The Morgan fingerprint density at radius 1 is 1.04 bits per heavy atom. The van der Waals surface area contributed by atoms with Crippen LogP contribution in [0.1, 0.15) is 22.3 Å². The lowest BCUT2D eigenvalue weighted by atomic mass is 10.0. The number of carbonyl (C=O) groups excluding carboxylic acids is 2. The summed E-state index contributed by atoms with van der Waals surface area (Å²) in [4.78, 5) is 23.5. The number of benzene rings is 2. The lowest BCUT2D eigenvalue weighted by molar-refractivity contribution is -0.120. The predicted molar refractivity (Wildman–Crippen MR) is 81.6 cm³/mol. The first-order chi connectivity index (χ1) is 11.0. The highest BCUT2D eigenvalue weighted by molar-refractivity contribution is 5.97. The zero-order valence-electron chi connectivity index (χ0n) is 12.3. The molecule has 2 aromatic rings. The Labute approximate surface area is 132 Å². The molecule has 3 N–H and O–H groups in total. The highest BCUT2D eigenvalue weighted by Gasteiger charge is 2.21. The van der Waals surface area contributed by atoms with Crippen molar-refractivity contribution in [2.75, 3.05) is 0 Å². The first-order valence-corrected chi connectivity index (χ1v) is 7.07. The fourth-order valence-corrected chi connectivity index (χ4v) is 2.16. The molecule has 2 aromatic carbocycles. The van der Waals surface area contributed by atoms with Crippen molar-refractivity contribution in [2.24, 2.45) is 5.73 Å². The van der Waals surface area contributed by atoms with Crippen molar-refractivity contribution in [3.8, 4) is 0 Å². The summed E-state index contributed by atoms with van der Waals surface area (Å²) in [5, 5.41) is 2.35.